The molecular weight excluding hydrogens is 190 g/mol. The number of pyridine rings is 1. The molecule has 0 saturated carbocycles. The van der Waals surface area contributed by atoms with Gasteiger partial charge in [-0.3, -0.25) is 9.78 Å². The Balaban J connectivity index is 0.000000845. The minimum atomic E-state index is -0.715. The molecule has 0 amide bonds. The molecule has 70 valence electrons. The highest BCUT2D eigenvalue weighted by molar-refractivity contribution is 5.85. The highest BCUT2D eigenvalue weighted by Gasteiger charge is 2.27. The van der Waals surface area contributed by atoms with Crippen molar-refractivity contribution in [1.29, 1.82) is 0 Å². The van der Waals surface area contributed by atoms with E-state index in [9.17, 15) is 4.79 Å². The summed E-state index contributed by atoms with van der Waals surface area (Å²) in [5, 5.41) is 8.76. The Morgan fingerprint density at radius 2 is 2.31 bits per heavy atom. The molecule has 1 unspecified atom stereocenters. The lowest BCUT2D eigenvalue weighted by molar-refractivity contribution is -0.141. The van der Waals surface area contributed by atoms with Gasteiger partial charge < -0.3 is 5.11 Å². The molecule has 0 spiro atoms. The van der Waals surface area contributed by atoms with Crippen LogP contribution in [0, 0.1) is 5.92 Å². The van der Waals surface area contributed by atoms with Crippen molar-refractivity contribution in [2.75, 3.05) is 0 Å². The number of carboxylic acids is 1. The van der Waals surface area contributed by atoms with Crippen LogP contribution in [0.1, 0.15) is 11.3 Å². The second-order valence-corrected chi connectivity index (χ2v) is 3.05. The van der Waals surface area contributed by atoms with Gasteiger partial charge in [0.1, 0.15) is 0 Å². The number of rotatable bonds is 1. The highest BCUT2D eigenvalue weighted by Crippen LogP contribution is 2.24. The van der Waals surface area contributed by atoms with Gasteiger partial charge in [0.25, 0.3) is 0 Å². The van der Waals surface area contributed by atoms with Crippen molar-refractivity contribution in [3.05, 3.63) is 29.6 Å². The van der Waals surface area contributed by atoms with Gasteiger partial charge in [0.2, 0.25) is 0 Å². The van der Waals surface area contributed by atoms with Crippen LogP contribution in [0.4, 0.5) is 0 Å². The maximum Gasteiger partial charge on any atom is 0.307 e. The number of hydrogen-bond donors (Lipinski definition) is 1. The van der Waals surface area contributed by atoms with E-state index >= 15 is 0 Å². The fourth-order valence-corrected chi connectivity index (χ4v) is 1.59. The van der Waals surface area contributed by atoms with Crippen LogP contribution >= 0.6 is 12.4 Å². The van der Waals surface area contributed by atoms with Gasteiger partial charge in [-0.25, -0.2) is 0 Å². The van der Waals surface area contributed by atoms with E-state index in [2.05, 4.69) is 4.98 Å². The van der Waals surface area contributed by atoms with Crippen molar-refractivity contribution in [3.63, 3.8) is 0 Å². The highest BCUT2D eigenvalue weighted by atomic mass is 35.5. The zero-order valence-electron chi connectivity index (χ0n) is 6.93. The first kappa shape index (κ1) is 9.99. The molecule has 2 rings (SSSR count). The Morgan fingerprint density at radius 3 is 2.92 bits per heavy atom. The lowest BCUT2D eigenvalue weighted by atomic mass is 10.1. The Hall–Kier alpha value is -1.09. The minimum absolute atomic E-state index is 0. The van der Waals surface area contributed by atoms with Gasteiger partial charge in [0.05, 0.1) is 5.92 Å². The normalized spacial score (nSPS) is 18.9. The molecule has 1 N–H and O–H groups in total. The first-order chi connectivity index (χ1) is 5.77. The molecule has 1 aliphatic rings. The zero-order valence-corrected chi connectivity index (χ0v) is 7.75. The van der Waals surface area contributed by atoms with Crippen LogP contribution in [0.3, 0.4) is 0 Å². The molecule has 0 aliphatic heterocycles. The third-order valence-corrected chi connectivity index (χ3v) is 2.24. The molecule has 1 aliphatic carbocycles. The summed E-state index contributed by atoms with van der Waals surface area (Å²) in [6, 6.07) is 3.80. The molecule has 13 heavy (non-hydrogen) atoms. The molecule has 0 radical (unpaired) electrons. The van der Waals surface area contributed by atoms with Crippen LogP contribution in [0.15, 0.2) is 18.3 Å². The Labute approximate surface area is 82.2 Å². The van der Waals surface area contributed by atoms with E-state index in [4.69, 9.17) is 5.11 Å². The smallest absolute Gasteiger partial charge is 0.307 e. The standard InChI is InChI=1S/C9H9NO2.ClH/c11-9(12)7-4-6-2-1-3-10-8(6)5-7;/h1-3,7H,4-5H2,(H,11,12);1H. The fourth-order valence-electron chi connectivity index (χ4n) is 1.59. The second-order valence-electron chi connectivity index (χ2n) is 3.05. The quantitative estimate of drug-likeness (QED) is 0.742. The van der Waals surface area contributed by atoms with Gasteiger partial charge in [-0.15, -0.1) is 12.4 Å². The number of halogens is 1. The molecule has 1 heterocycles. The Kier molecular flexibility index (Phi) is 2.88. The minimum Gasteiger partial charge on any atom is -0.481 e. The Morgan fingerprint density at radius 1 is 1.54 bits per heavy atom. The number of hydrogen-bond acceptors (Lipinski definition) is 2. The molecule has 4 heteroatoms. The largest absolute Gasteiger partial charge is 0.481 e. The molecule has 0 bridgehead atoms. The molecule has 1 aromatic heterocycles. The predicted octanol–water partition coefficient (Wildman–Crippen LogP) is 1.30. The molecule has 1 aromatic rings. The first-order valence-corrected chi connectivity index (χ1v) is 3.93. The van der Waals surface area contributed by atoms with E-state index in [-0.39, 0.29) is 18.3 Å². The number of aliphatic carboxylic acids is 1. The van der Waals surface area contributed by atoms with Crippen molar-refractivity contribution in [2.24, 2.45) is 5.92 Å². The molecule has 0 saturated heterocycles. The third kappa shape index (κ3) is 1.80. The molecule has 0 fully saturated rings. The summed E-state index contributed by atoms with van der Waals surface area (Å²) in [5.74, 6) is -0.970. The van der Waals surface area contributed by atoms with Crippen molar-refractivity contribution in [3.8, 4) is 0 Å². The molecule has 3 nitrogen and oxygen atoms in total. The summed E-state index contributed by atoms with van der Waals surface area (Å²) in [7, 11) is 0. The van der Waals surface area contributed by atoms with Crippen LogP contribution in [-0.2, 0) is 17.6 Å². The van der Waals surface area contributed by atoms with E-state index in [1.165, 1.54) is 0 Å². The van der Waals surface area contributed by atoms with Gasteiger partial charge in [0, 0.05) is 18.3 Å². The van der Waals surface area contributed by atoms with E-state index in [1.807, 2.05) is 12.1 Å². The van der Waals surface area contributed by atoms with Gasteiger partial charge in [-0.05, 0) is 18.1 Å². The van der Waals surface area contributed by atoms with Gasteiger partial charge in [-0.2, -0.15) is 0 Å². The summed E-state index contributed by atoms with van der Waals surface area (Å²) in [6.45, 7) is 0. The van der Waals surface area contributed by atoms with Crippen molar-refractivity contribution in [1.82, 2.24) is 4.98 Å². The van der Waals surface area contributed by atoms with Gasteiger partial charge >= 0.3 is 5.97 Å². The lowest BCUT2D eigenvalue weighted by Crippen LogP contribution is -2.12. The van der Waals surface area contributed by atoms with Crippen LogP contribution in [-0.4, -0.2) is 16.1 Å². The van der Waals surface area contributed by atoms with E-state index in [0.717, 1.165) is 11.3 Å². The average molecular weight is 200 g/mol. The number of fused-ring (bicyclic) bond motifs is 1. The van der Waals surface area contributed by atoms with Crippen molar-refractivity contribution >= 4 is 18.4 Å². The zero-order chi connectivity index (χ0) is 8.55. The summed E-state index contributed by atoms with van der Waals surface area (Å²) in [4.78, 5) is 14.8. The number of nitrogens with zero attached hydrogens (tertiary/aromatic N) is 1. The topological polar surface area (TPSA) is 50.2 Å². The predicted molar refractivity (Wildman–Crippen MR) is 50.0 cm³/mol. The summed E-state index contributed by atoms with van der Waals surface area (Å²) < 4.78 is 0. The van der Waals surface area contributed by atoms with Crippen molar-refractivity contribution in [2.45, 2.75) is 12.8 Å². The van der Waals surface area contributed by atoms with Crippen LogP contribution in [0.2, 0.25) is 0 Å². The molecule has 0 aromatic carbocycles. The second kappa shape index (κ2) is 3.75. The maximum absolute atomic E-state index is 10.6. The molecule has 1 atom stereocenters. The van der Waals surface area contributed by atoms with Crippen LogP contribution < -0.4 is 0 Å². The molecular formula is C9H10ClNO2. The SMILES string of the molecule is Cl.O=C(O)C1Cc2cccnc2C1. The third-order valence-electron chi connectivity index (χ3n) is 2.24. The lowest BCUT2D eigenvalue weighted by Gasteiger charge is -1.98. The van der Waals surface area contributed by atoms with Crippen LogP contribution in [0.25, 0.3) is 0 Å². The Bertz CT molecular complexity index is 302. The van der Waals surface area contributed by atoms with Crippen LogP contribution in [0.5, 0.6) is 0 Å². The van der Waals surface area contributed by atoms with Gasteiger partial charge in [-0.1, -0.05) is 6.07 Å². The number of aromatic nitrogens is 1. The summed E-state index contributed by atoms with van der Waals surface area (Å²) >= 11 is 0. The first-order valence-electron chi connectivity index (χ1n) is 3.93. The summed E-state index contributed by atoms with van der Waals surface area (Å²) in [6.07, 6.45) is 2.94. The van der Waals surface area contributed by atoms with E-state index < -0.39 is 5.97 Å². The maximum atomic E-state index is 10.6. The van der Waals surface area contributed by atoms with E-state index in [0.29, 0.717) is 12.8 Å². The average Bonchev–Trinajstić information content (AvgIpc) is 2.46. The summed E-state index contributed by atoms with van der Waals surface area (Å²) in [5.41, 5.74) is 2.04. The fraction of sp³-hybridized carbons (Fsp3) is 0.333. The van der Waals surface area contributed by atoms with Crippen molar-refractivity contribution < 1.29 is 9.90 Å². The number of carboxylic acid groups (broad SMARTS) is 1. The monoisotopic (exact) mass is 199 g/mol. The number of carbonyl (C=O) groups is 1. The van der Waals surface area contributed by atoms with E-state index in [1.54, 1.807) is 6.20 Å². The van der Waals surface area contributed by atoms with Gasteiger partial charge in [0.15, 0.2) is 0 Å².